The van der Waals surface area contributed by atoms with Gasteiger partial charge in [0, 0.05) is 19.2 Å². The maximum Gasteiger partial charge on any atom is 0.234 e. The molecule has 4 nitrogen and oxygen atoms in total. The molecule has 0 heterocycles. The fourth-order valence-corrected chi connectivity index (χ4v) is 1.87. The molecule has 0 aliphatic rings. The van der Waals surface area contributed by atoms with E-state index in [0.717, 1.165) is 0 Å². The second-order valence-electron chi connectivity index (χ2n) is 5.61. The maximum absolute atomic E-state index is 11.8. The average molecular weight is 292 g/mol. The summed E-state index contributed by atoms with van der Waals surface area (Å²) in [7, 11) is 0. The lowest BCUT2D eigenvalue weighted by Gasteiger charge is -2.17. The van der Waals surface area contributed by atoms with Gasteiger partial charge in [0.1, 0.15) is 0 Å². The Labute approximate surface area is 128 Å². The highest BCUT2D eigenvalue weighted by atomic mass is 16.5. The highest BCUT2D eigenvalue weighted by Gasteiger charge is 2.10. The Bertz CT molecular complexity index is 433. The monoisotopic (exact) mass is 292 g/mol. The quantitative estimate of drug-likeness (QED) is 0.735. The van der Waals surface area contributed by atoms with Gasteiger partial charge in [-0.3, -0.25) is 4.79 Å². The van der Waals surface area contributed by atoms with Crippen molar-refractivity contribution in [1.82, 2.24) is 10.6 Å². The number of carbonyl (C=O) groups is 1. The summed E-state index contributed by atoms with van der Waals surface area (Å²) in [4.78, 5) is 11.8. The van der Waals surface area contributed by atoms with Crippen LogP contribution in [-0.2, 0) is 22.7 Å². The van der Waals surface area contributed by atoms with E-state index < -0.39 is 0 Å². The van der Waals surface area contributed by atoms with Crippen LogP contribution in [0.15, 0.2) is 24.3 Å². The van der Waals surface area contributed by atoms with E-state index in [2.05, 4.69) is 36.6 Å². The van der Waals surface area contributed by atoms with E-state index in [1.807, 2.05) is 26.0 Å². The van der Waals surface area contributed by atoms with Crippen LogP contribution in [-0.4, -0.2) is 25.1 Å². The van der Waals surface area contributed by atoms with Crippen LogP contribution in [0.25, 0.3) is 0 Å². The molecular weight excluding hydrogens is 264 g/mol. The van der Waals surface area contributed by atoms with Crippen LogP contribution in [0.3, 0.4) is 0 Å². The number of benzene rings is 1. The molecule has 2 N–H and O–H groups in total. The Kier molecular flexibility index (Phi) is 8.01. The first-order valence-corrected chi connectivity index (χ1v) is 7.69. The van der Waals surface area contributed by atoms with Gasteiger partial charge >= 0.3 is 0 Å². The standard InChI is InChI=1S/C17H28N2O2/c1-5-21-12-16-9-7-6-8-15(16)10-18-11-17(20)19-14(4)13(2)3/h6-9,13-14,18H,5,10-12H2,1-4H3,(H,19,20). The van der Waals surface area contributed by atoms with Gasteiger partial charge in [0.15, 0.2) is 0 Å². The summed E-state index contributed by atoms with van der Waals surface area (Å²) in [5.41, 5.74) is 2.35. The number of carbonyl (C=O) groups excluding carboxylic acids is 1. The number of hydrogen-bond donors (Lipinski definition) is 2. The minimum Gasteiger partial charge on any atom is -0.377 e. The molecule has 0 fully saturated rings. The van der Waals surface area contributed by atoms with Gasteiger partial charge in [-0.1, -0.05) is 38.1 Å². The first-order valence-electron chi connectivity index (χ1n) is 7.69. The molecule has 0 bridgehead atoms. The van der Waals surface area contributed by atoms with Crippen molar-refractivity contribution >= 4 is 5.91 Å². The van der Waals surface area contributed by atoms with Gasteiger partial charge in [-0.05, 0) is 30.9 Å². The number of amides is 1. The highest BCUT2D eigenvalue weighted by Crippen LogP contribution is 2.09. The Balaban J connectivity index is 2.40. The Hall–Kier alpha value is -1.39. The van der Waals surface area contributed by atoms with Gasteiger partial charge < -0.3 is 15.4 Å². The second-order valence-corrected chi connectivity index (χ2v) is 5.61. The van der Waals surface area contributed by atoms with Crippen LogP contribution in [0.2, 0.25) is 0 Å². The first-order chi connectivity index (χ1) is 10.0. The molecule has 1 aromatic carbocycles. The molecule has 1 unspecified atom stereocenters. The summed E-state index contributed by atoms with van der Waals surface area (Å²) in [5.74, 6) is 0.486. The molecule has 0 aliphatic carbocycles. The summed E-state index contributed by atoms with van der Waals surface area (Å²) >= 11 is 0. The lowest BCUT2D eigenvalue weighted by Crippen LogP contribution is -2.41. The average Bonchev–Trinajstić information content (AvgIpc) is 2.46. The minimum atomic E-state index is 0.0403. The van der Waals surface area contributed by atoms with Crippen LogP contribution in [0.5, 0.6) is 0 Å². The molecule has 1 amide bonds. The summed E-state index contributed by atoms with van der Waals surface area (Å²) in [5, 5.41) is 6.18. The molecule has 0 aromatic heterocycles. The normalized spacial score (nSPS) is 12.4. The zero-order valence-corrected chi connectivity index (χ0v) is 13.6. The van der Waals surface area contributed by atoms with E-state index in [1.165, 1.54) is 11.1 Å². The summed E-state index contributed by atoms with van der Waals surface area (Å²) < 4.78 is 5.46. The topological polar surface area (TPSA) is 50.4 Å². The molecule has 21 heavy (non-hydrogen) atoms. The van der Waals surface area contributed by atoms with Crippen LogP contribution < -0.4 is 10.6 Å². The molecule has 118 valence electrons. The fraction of sp³-hybridized carbons (Fsp3) is 0.588. The molecule has 0 saturated carbocycles. The largest absolute Gasteiger partial charge is 0.377 e. The third-order valence-electron chi connectivity index (χ3n) is 3.57. The van der Waals surface area contributed by atoms with Gasteiger partial charge in [-0.25, -0.2) is 0 Å². The van der Waals surface area contributed by atoms with Crippen LogP contribution in [0.1, 0.15) is 38.8 Å². The van der Waals surface area contributed by atoms with Crippen molar-refractivity contribution in [2.75, 3.05) is 13.2 Å². The van der Waals surface area contributed by atoms with E-state index >= 15 is 0 Å². The zero-order valence-electron chi connectivity index (χ0n) is 13.6. The van der Waals surface area contributed by atoms with Crippen molar-refractivity contribution in [3.05, 3.63) is 35.4 Å². The van der Waals surface area contributed by atoms with Crippen molar-refractivity contribution in [2.24, 2.45) is 5.92 Å². The number of hydrogen-bond acceptors (Lipinski definition) is 3. The van der Waals surface area contributed by atoms with Gasteiger partial charge in [0.25, 0.3) is 0 Å². The predicted molar refractivity (Wildman–Crippen MR) is 85.9 cm³/mol. The van der Waals surface area contributed by atoms with Gasteiger partial charge in [-0.2, -0.15) is 0 Å². The smallest absolute Gasteiger partial charge is 0.234 e. The van der Waals surface area contributed by atoms with Crippen molar-refractivity contribution in [2.45, 2.75) is 46.9 Å². The number of rotatable bonds is 9. The van der Waals surface area contributed by atoms with Gasteiger partial charge in [0.05, 0.1) is 13.2 Å². The SMILES string of the molecule is CCOCc1ccccc1CNCC(=O)NC(C)C(C)C. The summed E-state index contributed by atoms with van der Waals surface area (Å²) in [6.45, 7) is 10.5. The third kappa shape index (κ3) is 6.74. The van der Waals surface area contributed by atoms with Crippen LogP contribution in [0, 0.1) is 5.92 Å². The molecule has 4 heteroatoms. The molecule has 0 radical (unpaired) electrons. The van der Waals surface area contributed by atoms with Crippen LogP contribution in [0.4, 0.5) is 0 Å². The van der Waals surface area contributed by atoms with Crippen LogP contribution >= 0.6 is 0 Å². The highest BCUT2D eigenvalue weighted by molar-refractivity contribution is 5.78. The van der Waals surface area contributed by atoms with Gasteiger partial charge in [-0.15, -0.1) is 0 Å². The van der Waals surface area contributed by atoms with Crippen molar-refractivity contribution < 1.29 is 9.53 Å². The van der Waals surface area contributed by atoms with Crippen molar-refractivity contribution in [1.29, 1.82) is 0 Å². The van der Waals surface area contributed by atoms with E-state index in [4.69, 9.17) is 4.74 Å². The van der Waals surface area contributed by atoms with Crippen molar-refractivity contribution in [3.8, 4) is 0 Å². The molecule has 1 aromatic rings. The second kappa shape index (κ2) is 9.53. The van der Waals surface area contributed by atoms with E-state index in [1.54, 1.807) is 0 Å². The Morgan fingerprint density at radius 2 is 1.86 bits per heavy atom. The lowest BCUT2D eigenvalue weighted by molar-refractivity contribution is -0.121. The number of ether oxygens (including phenoxy) is 1. The third-order valence-corrected chi connectivity index (χ3v) is 3.57. The molecule has 1 atom stereocenters. The summed E-state index contributed by atoms with van der Waals surface area (Å²) in [6.07, 6.45) is 0. The fourth-order valence-electron chi connectivity index (χ4n) is 1.87. The van der Waals surface area contributed by atoms with E-state index in [-0.39, 0.29) is 11.9 Å². The molecule has 0 spiro atoms. The van der Waals surface area contributed by atoms with E-state index in [0.29, 0.717) is 32.2 Å². The number of nitrogens with one attached hydrogen (secondary N) is 2. The Morgan fingerprint density at radius 1 is 1.19 bits per heavy atom. The lowest BCUT2D eigenvalue weighted by atomic mass is 10.1. The molecular formula is C17H28N2O2. The van der Waals surface area contributed by atoms with Crippen molar-refractivity contribution in [3.63, 3.8) is 0 Å². The maximum atomic E-state index is 11.8. The summed E-state index contributed by atoms with van der Waals surface area (Å²) in [6, 6.07) is 8.34. The first kappa shape index (κ1) is 17.7. The van der Waals surface area contributed by atoms with E-state index in [9.17, 15) is 4.79 Å². The molecule has 0 saturated heterocycles. The minimum absolute atomic E-state index is 0.0403. The Morgan fingerprint density at radius 3 is 2.48 bits per heavy atom. The van der Waals surface area contributed by atoms with Gasteiger partial charge in [0.2, 0.25) is 5.91 Å². The molecule has 0 aliphatic heterocycles. The molecule has 1 rings (SSSR count). The predicted octanol–water partition coefficient (Wildman–Crippen LogP) is 2.47. The zero-order chi connectivity index (χ0) is 15.7.